The average Bonchev–Trinajstić information content (AvgIpc) is 2.29. The van der Waals surface area contributed by atoms with Gasteiger partial charge >= 0.3 is 15.5 Å². The lowest BCUT2D eigenvalue weighted by Crippen LogP contribution is -2.45. The molecular weight excluding hydrogens is 297 g/mol. The number of carbonyl (C=O) groups is 1. The molecule has 1 rings (SSSR count). The first kappa shape index (κ1) is 16.4. The zero-order chi connectivity index (χ0) is 15.6. The molecule has 9 heteroatoms. The second kappa shape index (κ2) is 5.78. The summed E-state index contributed by atoms with van der Waals surface area (Å²) in [5.74, 6) is -1.17. The van der Waals surface area contributed by atoms with Gasteiger partial charge in [-0.15, -0.1) is 0 Å². The van der Waals surface area contributed by atoms with Crippen molar-refractivity contribution in [3.63, 3.8) is 0 Å². The molecule has 0 spiro atoms. The summed E-state index contributed by atoms with van der Waals surface area (Å²) in [6.07, 6.45) is 1.66. The first-order chi connectivity index (χ1) is 9.07. The van der Waals surface area contributed by atoms with Crippen LogP contribution in [0.2, 0.25) is 0 Å². The Morgan fingerprint density at radius 2 is 1.95 bits per heavy atom. The number of rotatable bonds is 4. The van der Waals surface area contributed by atoms with Gasteiger partial charge < -0.3 is 0 Å². The Balaban J connectivity index is 2.97. The smallest absolute Gasteiger partial charge is 0.274 e. The van der Waals surface area contributed by atoms with Crippen LogP contribution < -0.4 is 4.57 Å². The average molecular weight is 311 g/mol. The van der Waals surface area contributed by atoms with Gasteiger partial charge in [-0.1, -0.05) is 6.07 Å². The number of aryl methyl sites for hydroxylation is 1. The fraction of sp³-hybridized carbons (Fsp3) is 0.455. The van der Waals surface area contributed by atoms with Crippen molar-refractivity contribution in [1.82, 2.24) is 4.31 Å². The molecule has 1 aromatic rings. The van der Waals surface area contributed by atoms with Gasteiger partial charge in [-0.05, 0) is 0 Å². The Bertz CT molecular complexity index is 599. The van der Waals surface area contributed by atoms with Crippen LogP contribution in [0.3, 0.4) is 0 Å². The molecule has 0 aliphatic carbocycles. The number of alkyl halides is 3. The number of nitrogens with zero attached hydrogens (tertiary/aromatic N) is 2. The molecule has 0 saturated carbocycles. The van der Waals surface area contributed by atoms with Crippen LogP contribution in [0.5, 0.6) is 0 Å². The van der Waals surface area contributed by atoms with Crippen LogP contribution in [0.1, 0.15) is 12.6 Å². The van der Waals surface area contributed by atoms with Gasteiger partial charge in [-0.2, -0.15) is 21.6 Å². The predicted molar refractivity (Wildman–Crippen MR) is 63.7 cm³/mol. The van der Waals surface area contributed by atoms with Crippen LogP contribution in [-0.4, -0.2) is 30.7 Å². The van der Waals surface area contributed by atoms with E-state index < -0.39 is 28.0 Å². The molecule has 5 nitrogen and oxygen atoms in total. The molecule has 1 amide bonds. The topological polar surface area (TPSA) is 58.3 Å². The molecule has 0 fully saturated rings. The molecule has 0 bridgehead atoms. The molecule has 1 aromatic heterocycles. The Hall–Kier alpha value is -1.64. The summed E-state index contributed by atoms with van der Waals surface area (Å²) in [7, 11) is -3.97. The second-order valence-electron chi connectivity index (χ2n) is 4.09. The maximum Gasteiger partial charge on any atom is 0.516 e. The molecule has 112 valence electrons. The fourth-order valence-electron chi connectivity index (χ4n) is 1.61. The lowest BCUT2D eigenvalue weighted by molar-refractivity contribution is -0.679. The van der Waals surface area contributed by atoms with Gasteiger partial charge in [0, 0.05) is 25.6 Å². The maximum absolute atomic E-state index is 12.5. The van der Waals surface area contributed by atoms with Crippen molar-refractivity contribution in [3.8, 4) is 0 Å². The second-order valence-corrected chi connectivity index (χ2v) is 5.95. The number of hydrogen-bond donors (Lipinski definition) is 0. The van der Waals surface area contributed by atoms with Gasteiger partial charge in [0.2, 0.25) is 5.91 Å². The van der Waals surface area contributed by atoms with Gasteiger partial charge in [-0.25, -0.2) is 8.87 Å². The molecule has 0 N–H and O–H groups in total. The number of hydrogen-bond acceptors (Lipinski definition) is 3. The number of halogens is 3. The van der Waals surface area contributed by atoms with Crippen molar-refractivity contribution < 1.29 is 31.0 Å². The summed E-state index contributed by atoms with van der Waals surface area (Å²) in [5.41, 5.74) is -4.88. The van der Waals surface area contributed by atoms with Crippen molar-refractivity contribution in [1.29, 1.82) is 0 Å². The normalized spacial score (nSPS) is 12.2. The van der Waals surface area contributed by atoms with Crippen molar-refractivity contribution in [3.05, 3.63) is 30.1 Å². The Morgan fingerprint density at radius 1 is 1.35 bits per heavy atom. The molecule has 1 heterocycles. The van der Waals surface area contributed by atoms with Gasteiger partial charge in [0.25, 0.3) is 0 Å². The summed E-state index contributed by atoms with van der Waals surface area (Å²) in [4.78, 5) is 11.2. The zero-order valence-electron chi connectivity index (χ0n) is 10.9. The van der Waals surface area contributed by atoms with E-state index >= 15 is 0 Å². The van der Waals surface area contributed by atoms with E-state index in [-0.39, 0.29) is 10.7 Å². The van der Waals surface area contributed by atoms with Crippen molar-refractivity contribution in [2.24, 2.45) is 7.05 Å². The minimum Gasteiger partial charge on any atom is -0.274 e. The summed E-state index contributed by atoms with van der Waals surface area (Å²) < 4.78 is 61.4. The van der Waals surface area contributed by atoms with E-state index in [9.17, 15) is 26.4 Å². The van der Waals surface area contributed by atoms with Gasteiger partial charge in [0.1, 0.15) is 7.05 Å². The lowest BCUT2D eigenvalue weighted by atomic mass is 10.2. The number of aromatic nitrogens is 1. The van der Waals surface area contributed by atoms with Gasteiger partial charge in [0.05, 0.1) is 6.42 Å². The van der Waals surface area contributed by atoms with Gasteiger partial charge in [0.15, 0.2) is 11.9 Å². The van der Waals surface area contributed by atoms with E-state index in [1.165, 1.54) is 0 Å². The number of carbonyl (C=O) groups excluding carboxylic acids is 1. The summed E-state index contributed by atoms with van der Waals surface area (Å²) in [6.45, 7) is 0.226. The molecule has 0 unspecified atom stereocenters. The van der Waals surface area contributed by atoms with Crippen LogP contribution in [0.25, 0.3) is 0 Å². The van der Waals surface area contributed by atoms with E-state index in [1.807, 2.05) is 0 Å². The molecule has 20 heavy (non-hydrogen) atoms. The van der Waals surface area contributed by atoms with E-state index in [2.05, 4.69) is 0 Å². The van der Waals surface area contributed by atoms with Crippen molar-refractivity contribution in [2.75, 3.05) is 6.54 Å². The van der Waals surface area contributed by atoms with E-state index in [0.717, 1.165) is 6.92 Å². The van der Waals surface area contributed by atoms with E-state index in [4.69, 9.17) is 0 Å². The Morgan fingerprint density at radius 3 is 2.40 bits per heavy atom. The minimum atomic E-state index is -5.65. The standard InChI is InChI=1S/C11H14F3N2O3S/c1-9(17)16(20(18,19)11(12,13)14)8-6-10-5-3-4-7-15(10)2/h3-5,7H,6,8H2,1-2H3/q+1. The van der Waals surface area contributed by atoms with E-state index in [1.54, 1.807) is 36.0 Å². The highest BCUT2D eigenvalue weighted by atomic mass is 32.2. The van der Waals surface area contributed by atoms with Crippen LogP contribution >= 0.6 is 0 Å². The first-order valence-electron chi connectivity index (χ1n) is 5.60. The van der Waals surface area contributed by atoms with Crippen LogP contribution in [0.4, 0.5) is 13.2 Å². The maximum atomic E-state index is 12.5. The molecule has 0 atom stereocenters. The highest BCUT2D eigenvalue weighted by Crippen LogP contribution is 2.26. The van der Waals surface area contributed by atoms with Crippen LogP contribution in [0, 0.1) is 0 Å². The Kier molecular flexibility index (Phi) is 4.74. The minimum absolute atomic E-state index is 0.00771. The third-order valence-electron chi connectivity index (χ3n) is 2.67. The van der Waals surface area contributed by atoms with Crippen LogP contribution in [-0.2, 0) is 28.3 Å². The highest BCUT2D eigenvalue weighted by Gasteiger charge is 2.51. The Labute approximate surface area is 114 Å². The highest BCUT2D eigenvalue weighted by molar-refractivity contribution is 7.90. The van der Waals surface area contributed by atoms with Crippen LogP contribution in [0.15, 0.2) is 24.4 Å². The first-order valence-corrected chi connectivity index (χ1v) is 7.04. The quantitative estimate of drug-likeness (QED) is 0.771. The summed E-state index contributed by atoms with van der Waals surface area (Å²) in [6, 6.07) is 5.03. The number of sulfonamides is 1. The van der Waals surface area contributed by atoms with Gasteiger partial charge in [-0.3, -0.25) is 4.79 Å². The SMILES string of the molecule is CC(=O)N(CCc1cccc[n+]1C)S(=O)(=O)C(F)(F)F. The largest absolute Gasteiger partial charge is 0.516 e. The molecule has 0 aromatic carbocycles. The summed E-state index contributed by atoms with van der Waals surface area (Å²) in [5, 5.41) is 0. The number of pyridine rings is 1. The monoisotopic (exact) mass is 311 g/mol. The third-order valence-corrected chi connectivity index (χ3v) is 4.27. The zero-order valence-corrected chi connectivity index (χ0v) is 11.7. The molecule has 0 aliphatic heterocycles. The molecule has 0 saturated heterocycles. The molecule has 0 radical (unpaired) electrons. The number of amides is 1. The predicted octanol–water partition coefficient (Wildman–Crippen LogP) is 0.752. The fourth-order valence-corrected chi connectivity index (χ4v) is 2.53. The molecule has 0 aliphatic rings. The van der Waals surface area contributed by atoms with E-state index in [0.29, 0.717) is 5.69 Å². The third kappa shape index (κ3) is 3.47. The lowest BCUT2D eigenvalue weighted by Gasteiger charge is -2.21. The van der Waals surface area contributed by atoms with Crippen molar-refractivity contribution >= 4 is 15.9 Å². The molecular formula is C11H14F3N2O3S+. The summed E-state index contributed by atoms with van der Waals surface area (Å²) >= 11 is 0. The van der Waals surface area contributed by atoms with Crippen molar-refractivity contribution in [2.45, 2.75) is 18.9 Å².